The van der Waals surface area contributed by atoms with Crippen LogP contribution in [-0.2, 0) is 4.79 Å². The molecule has 0 radical (unpaired) electrons. The number of rotatable bonds is 4. The number of carbonyl (C=O) groups excluding carboxylic acids is 1. The summed E-state index contributed by atoms with van der Waals surface area (Å²) in [6.45, 7) is 2.06. The second-order valence-electron chi connectivity index (χ2n) is 4.64. The fraction of sp³-hybridized carbons (Fsp3) is 0.462. The van der Waals surface area contributed by atoms with Crippen LogP contribution >= 0.6 is 15.9 Å². The average molecular weight is 297 g/mol. The Hall–Kier alpha value is -0.870. The predicted molar refractivity (Wildman–Crippen MR) is 71.5 cm³/mol. The molecule has 0 spiro atoms. The van der Waals surface area contributed by atoms with Gasteiger partial charge in [-0.2, -0.15) is 0 Å². The normalized spacial score (nSPS) is 18.5. The summed E-state index contributed by atoms with van der Waals surface area (Å²) < 4.78 is 1.04. The van der Waals surface area contributed by atoms with Gasteiger partial charge in [0.1, 0.15) is 0 Å². The van der Waals surface area contributed by atoms with E-state index in [-0.39, 0.29) is 11.9 Å². The molecular formula is C13H17BrN2O. The van der Waals surface area contributed by atoms with Crippen LogP contribution in [0.3, 0.4) is 0 Å². The van der Waals surface area contributed by atoms with Crippen LogP contribution in [0.4, 0.5) is 0 Å². The quantitative estimate of drug-likeness (QED) is 0.897. The van der Waals surface area contributed by atoms with Crippen molar-refractivity contribution >= 4 is 21.8 Å². The van der Waals surface area contributed by atoms with Crippen molar-refractivity contribution in [2.45, 2.75) is 37.8 Å². The van der Waals surface area contributed by atoms with Crippen molar-refractivity contribution in [2.75, 3.05) is 0 Å². The van der Waals surface area contributed by atoms with E-state index in [0.29, 0.717) is 0 Å². The van der Waals surface area contributed by atoms with Crippen molar-refractivity contribution < 1.29 is 4.79 Å². The van der Waals surface area contributed by atoms with Crippen LogP contribution in [0.2, 0.25) is 0 Å². The highest BCUT2D eigenvalue weighted by Crippen LogP contribution is 2.33. The Morgan fingerprint density at radius 1 is 1.47 bits per heavy atom. The van der Waals surface area contributed by atoms with Gasteiger partial charge in [0.2, 0.25) is 5.91 Å². The molecule has 1 fully saturated rings. The maximum Gasteiger partial charge on any atom is 0.240 e. The number of benzene rings is 1. The molecule has 1 amide bonds. The topological polar surface area (TPSA) is 55.1 Å². The first-order chi connectivity index (χ1) is 8.05. The molecule has 4 heteroatoms. The molecule has 3 N–H and O–H groups in total. The lowest BCUT2D eigenvalue weighted by molar-refractivity contribution is -0.124. The molecule has 1 aliphatic carbocycles. The molecule has 1 aromatic carbocycles. The van der Waals surface area contributed by atoms with Crippen molar-refractivity contribution in [3.8, 4) is 0 Å². The largest absolute Gasteiger partial charge is 0.348 e. The van der Waals surface area contributed by atoms with Gasteiger partial charge in [-0.15, -0.1) is 0 Å². The smallest absolute Gasteiger partial charge is 0.240 e. The fourth-order valence-corrected chi connectivity index (χ4v) is 2.04. The van der Waals surface area contributed by atoms with Crippen molar-refractivity contribution in [1.82, 2.24) is 5.32 Å². The van der Waals surface area contributed by atoms with Crippen molar-refractivity contribution in [3.05, 3.63) is 34.3 Å². The van der Waals surface area contributed by atoms with E-state index >= 15 is 0 Å². The summed E-state index contributed by atoms with van der Waals surface area (Å²) in [4.78, 5) is 11.9. The summed E-state index contributed by atoms with van der Waals surface area (Å²) in [7, 11) is 0. The SMILES string of the molecule is CCC(NC(=O)C1(N)CC1)c1ccc(Br)cc1. The molecule has 1 atom stereocenters. The summed E-state index contributed by atoms with van der Waals surface area (Å²) in [5.74, 6) is -0.0210. The lowest BCUT2D eigenvalue weighted by Crippen LogP contribution is -2.44. The number of nitrogens with one attached hydrogen (secondary N) is 1. The van der Waals surface area contributed by atoms with Gasteiger partial charge in [-0.05, 0) is 37.0 Å². The number of hydrogen-bond donors (Lipinski definition) is 2. The summed E-state index contributed by atoms with van der Waals surface area (Å²) >= 11 is 3.40. The summed E-state index contributed by atoms with van der Waals surface area (Å²) in [5, 5.41) is 3.03. The minimum Gasteiger partial charge on any atom is -0.348 e. The summed E-state index contributed by atoms with van der Waals surface area (Å²) in [5.41, 5.74) is 6.40. The monoisotopic (exact) mass is 296 g/mol. The zero-order valence-corrected chi connectivity index (χ0v) is 11.5. The first-order valence-corrected chi connectivity index (χ1v) is 6.70. The van der Waals surface area contributed by atoms with E-state index in [4.69, 9.17) is 5.73 Å². The maximum atomic E-state index is 11.9. The van der Waals surface area contributed by atoms with Crippen LogP contribution in [0.1, 0.15) is 37.8 Å². The third-order valence-corrected chi connectivity index (χ3v) is 3.76. The Balaban J connectivity index is 2.06. The number of nitrogens with two attached hydrogens (primary N) is 1. The number of carbonyl (C=O) groups is 1. The Morgan fingerprint density at radius 2 is 2.06 bits per heavy atom. The van der Waals surface area contributed by atoms with Crippen LogP contribution in [0, 0.1) is 0 Å². The maximum absolute atomic E-state index is 11.9. The summed E-state index contributed by atoms with van der Waals surface area (Å²) in [6.07, 6.45) is 2.47. The highest BCUT2D eigenvalue weighted by Gasteiger charge is 2.46. The van der Waals surface area contributed by atoms with Gasteiger partial charge < -0.3 is 11.1 Å². The van der Waals surface area contributed by atoms with Gasteiger partial charge in [-0.25, -0.2) is 0 Å². The van der Waals surface area contributed by atoms with Gasteiger partial charge >= 0.3 is 0 Å². The van der Waals surface area contributed by atoms with Gasteiger partial charge in [0, 0.05) is 4.47 Å². The van der Waals surface area contributed by atoms with Crippen molar-refractivity contribution in [3.63, 3.8) is 0 Å². The van der Waals surface area contributed by atoms with Crippen LogP contribution in [0.5, 0.6) is 0 Å². The van der Waals surface area contributed by atoms with Gasteiger partial charge in [0.15, 0.2) is 0 Å². The van der Waals surface area contributed by atoms with Gasteiger partial charge in [0.25, 0.3) is 0 Å². The standard InChI is InChI=1S/C13H17BrN2O/c1-2-11(9-3-5-10(14)6-4-9)16-12(17)13(15)7-8-13/h3-6,11H,2,7-8,15H2,1H3,(H,16,17). The van der Waals surface area contributed by atoms with E-state index in [1.165, 1.54) is 0 Å². The molecule has 92 valence electrons. The lowest BCUT2D eigenvalue weighted by atomic mass is 10.0. The first kappa shape index (κ1) is 12.6. The number of hydrogen-bond acceptors (Lipinski definition) is 2. The zero-order valence-electron chi connectivity index (χ0n) is 9.87. The third-order valence-electron chi connectivity index (χ3n) is 3.23. The third kappa shape index (κ3) is 2.87. The van der Waals surface area contributed by atoms with E-state index in [2.05, 4.69) is 28.2 Å². The van der Waals surface area contributed by atoms with E-state index < -0.39 is 5.54 Å². The summed E-state index contributed by atoms with van der Waals surface area (Å²) in [6, 6.07) is 8.07. The van der Waals surface area contributed by atoms with E-state index in [9.17, 15) is 4.79 Å². The van der Waals surface area contributed by atoms with Crippen LogP contribution in [0.25, 0.3) is 0 Å². The Bertz CT molecular complexity index is 412. The van der Waals surface area contributed by atoms with E-state index in [0.717, 1.165) is 29.3 Å². The zero-order chi connectivity index (χ0) is 12.5. The Morgan fingerprint density at radius 3 is 2.53 bits per heavy atom. The van der Waals surface area contributed by atoms with E-state index in [1.54, 1.807) is 0 Å². The average Bonchev–Trinajstić information content (AvgIpc) is 3.07. The Kier molecular flexibility index (Phi) is 3.54. The van der Waals surface area contributed by atoms with Crippen LogP contribution in [-0.4, -0.2) is 11.4 Å². The molecule has 0 saturated heterocycles. The molecule has 3 nitrogen and oxygen atoms in total. The molecular weight excluding hydrogens is 280 g/mol. The van der Waals surface area contributed by atoms with Crippen LogP contribution < -0.4 is 11.1 Å². The molecule has 1 aromatic rings. The second-order valence-corrected chi connectivity index (χ2v) is 5.56. The minimum atomic E-state index is -0.594. The van der Waals surface area contributed by atoms with Crippen LogP contribution in [0.15, 0.2) is 28.7 Å². The fourth-order valence-electron chi connectivity index (χ4n) is 1.78. The molecule has 0 heterocycles. The molecule has 1 saturated carbocycles. The molecule has 2 rings (SSSR count). The first-order valence-electron chi connectivity index (χ1n) is 5.90. The lowest BCUT2D eigenvalue weighted by Gasteiger charge is -2.20. The molecule has 0 aromatic heterocycles. The number of halogens is 1. The molecule has 0 aliphatic heterocycles. The van der Waals surface area contributed by atoms with Gasteiger partial charge in [-0.1, -0.05) is 35.0 Å². The van der Waals surface area contributed by atoms with Gasteiger partial charge in [0.05, 0.1) is 11.6 Å². The molecule has 1 aliphatic rings. The van der Waals surface area contributed by atoms with Gasteiger partial charge in [-0.3, -0.25) is 4.79 Å². The molecule has 17 heavy (non-hydrogen) atoms. The second kappa shape index (κ2) is 4.78. The molecule has 1 unspecified atom stereocenters. The highest BCUT2D eigenvalue weighted by atomic mass is 79.9. The van der Waals surface area contributed by atoms with Crippen molar-refractivity contribution in [2.24, 2.45) is 5.73 Å². The predicted octanol–water partition coefficient (Wildman–Crippen LogP) is 2.51. The van der Waals surface area contributed by atoms with E-state index in [1.807, 2.05) is 24.3 Å². The minimum absolute atomic E-state index is 0.0210. The highest BCUT2D eigenvalue weighted by molar-refractivity contribution is 9.10. The molecule has 0 bridgehead atoms. The number of amides is 1. The Labute approximate surface area is 110 Å². The van der Waals surface area contributed by atoms with Crippen molar-refractivity contribution in [1.29, 1.82) is 0 Å².